The van der Waals surface area contributed by atoms with Crippen molar-refractivity contribution in [2.24, 2.45) is 16.2 Å². The third-order valence-electron chi connectivity index (χ3n) is 7.29. The molecular formula is C24H45N5. The van der Waals surface area contributed by atoms with Gasteiger partial charge in [0.15, 0.2) is 0 Å². The van der Waals surface area contributed by atoms with E-state index in [1.54, 1.807) is 0 Å². The summed E-state index contributed by atoms with van der Waals surface area (Å²) in [5.41, 5.74) is 2.19. The van der Waals surface area contributed by atoms with Crippen LogP contribution >= 0.6 is 0 Å². The van der Waals surface area contributed by atoms with Crippen molar-refractivity contribution in [3.8, 4) is 0 Å². The molecule has 3 heterocycles. The smallest absolute Gasteiger partial charge is 0.0650 e. The second kappa shape index (κ2) is 8.50. The fraction of sp³-hybridized carbons (Fsp3) is 0.833. The van der Waals surface area contributed by atoms with E-state index in [0.717, 1.165) is 26.3 Å². The average Bonchev–Trinajstić information content (AvgIpc) is 3.10. The normalized spacial score (nSPS) is 28.7. The summed E-state index contributed by atoms with van der Waals surface area (Å²) in [5.74, 6) is 0. The van der Waals surface area contributed by atoms with Crippen LogP contribution in [0.2, 0.25) is 0 Å². The Hall–Kier alpha value is -1.20. The van der Waals surface area contributed by atoms with Crippen molar-refractivity contribution in [3.05, 3.63) is 24.2 Å². The lowest BCUT2D eigenvalue weighted by atomic mass is 9.77. The van der Waals surface area contributed by atoms with Crippen LogP contribution in [0.5, 0.6) is 0 Å². The highest BCUT2D eigenvalue weighted by molar-refractivity contribution is 5.17. The Bertz CT molecular complexity index is 613. The molecule has 166 valence electrons. The van der Waals surface area contributed by atoms with E-state index < -0.39 is 0 Å². The van der Waals surface area contributed by atoms with Gasteiger partial charge in [-0.2, -0.15) is 0 Å². The van der Waals surface area contributed by atoms with Crippen LogP contribution in [0.15, 0.2) is 24.2 Å². The van der Waals surface area contributed by atoms with E-state index in [4.69, 9.17) is 0 Å². The zero-order valence-electron chi connectivity index (χ0n) is 19.9. The highest BCUT2D eigenvalue weighted by Gasteiger charge is 2.39. The molecule has 3 unspecified atom stereocenters. The van der Waals surface area contributed by atoms with Gasteiger partial charge in [-0.25, -0.2) is 0 Å². The summed E-state index contributed by atoms with van der Waals surface area (Å²) in [4.78, 5) is 2.51. The van der Waals surface area contributed by atoms with Gasteiger partial charge in [0.2, 0.25) is 0 Å². The summed E-state index contributed by atoms with van der Waals surface area (Å²) in [7, 11) is 0. The molecule has 0 aromatic heterocycles. The Balaban J connectivity index is 1.57. The first-order valence-corrected chi connectivity index (χ1v) is 11.5. The number of rotatable bonds is 6. The molecule has 0 aromatic carbocycles. The van der Waals surface area contributed by atoms with Crippen molar-refractivity contribution in [2.45, 2.75) is 85.9 Å². The van der Waals surface area contributed by atoms with Gasteiger partial charge in [0.25, 0.3) is 0 Å². The van der Waals surface area contributed by atoms with E-state index in [2.05, 4.69) is 93.2 Å². The van der Waals surface area contributed by atoms with Crippen LogP contribution in [0.4, 0.5) is 0 Å². The molecule has 3 rings (SSSR count). The van der Waals surface area contributed by atoms with E-state index in [1.807, 2.05) is 0 Å². The van der Waals surface area contributed by atoms with Crippen molar-refractivity contribution in [1.29, 1.82) is 0 Å². The molecule has 0 aromatic rings. The molecule has 5 nitrogen and oxygen atoms in total. The molecule has 0 radical (unpaired) electrons. The first-order valence-electron chi connectivity index (χ1n) is 11.5. The van der Waals surface area contributed by atoms with Gasteiger partial charge < -0.3 is 20.9 Å². The maximum Gasteiger partial charge on any atom is 0.0650 e. The maximum atomic E-state index is 3.94. The first kappa shape index (κ1) is 22.5. The predicted molar refractivity (Wildman–Crippen MR) is 123 cm³/mol. The number of nitrogens with zero attached hydrogens (tertiary/aromatic N) is 1. The molecule has 0 aliphatic carbocycles. The lowest BCUT2D eigenvalue weighted by molar-refractivity contribution is 0.144. The molecule has 4 N–H and O–H groups in total. The maximum absolute atomic E-state index is 3.94. The molecule has 3 atom stereocenters. The SMILES string of the molecule is CC(C)(CN1C=CNC(C(C)(C)CC2CCC(C(C)(C)C)N2)C1)C1=CNCNC1. The van der Waals surface area contributed by atoms with E-state index in [0.29, 0.717) is 23.5 Å². The lowest BCUT2D eigenvalue weighted by Crippen LogP contribution is -2.53. The van der Waals surface area contributed by atoms with Crippen molar-refractivity contribution >= 4 is 0 Å². The first-order chi connectivity index (χ1) is 13.5. The van der Waals surface area contributed by atoms with Crippen LogP contribution in [0.1, 0.15) is 67.7 Å². The molecule has 0 bridgehead atoms. The van der Waals surface area contributed by atoms with Gasteiger partial charge in [-0.15, -0.1) is 0 Å². The van der Waals surface area contributed by atoms with Crippen molar-refractivity contribution in [1.82, 2.24) is 26.2 Å². The zero-order chi connectivity index (χ0) is 21.3. The third-order valence-corrected chi connectivity index (χ3v) is 7.29. The van der Waals surface area contributed by atoms with Gasteiger partial charge in [-0.05, 0) is 41.9 Å². The zero-order valence-corrected chi connectivity index (χ0v) is 19.9. The molecule has 1 saturated heterocycles. The summed E-state index contributed by atoms with van der Waals surface area (Å²) in [5, 5.41) is 14.4. The molecule has 29 heavy (non-hydrogen) atoms. The van der Waals surface area contributed by atoms with Crippen LogP contribution < -0.4 is 21.3 Å². The fourth-order valence-corrected chi connectivity index (χ4v) is 5.18. The fourth-order valence-electron chi connectivity index (χ4n) is 5.18. The van der Waals surface area contributed by atoms with Crippen LogP contribution in [-0.4, -0.2) is 49.3 Å². The van der Waals surface area contributed by atoms with Crippen LogP contribution in [0.3, 0.4) is 0 Å². The Kier molecular flexibility index (Phi) is 6.59. The van der Waals surface area contributed by atoms with Gasteiger partial charge in [-0.3, -0.25) is 5.32 Å². The second-order valence-corrected chi connectivity index (χ2v) is 11.9. The minimum atomic E-state index is 0.143. The summed E-state index contributed by atoms with van der Waals surface area (Å²) in [6.45, 7) is 20.6. The van der Waals surface area contributed by atoms with Crippen molar-refractivity contribution < 1.29 is 0 Å². The van der Waals surface area contributed by atoms with E-state index in [1.165, 1.54) is 24.8 Å². The third kappa shape index (κ3) is 5.69. The predicted octanol–water partition coefficient (Wildman–Crippen LogP) is 3.37. The van der Waals surface area contributed by atoms with Crippen LogP contribution in [0.25, 0.3) is 0 Å². The second-order valence-electron chi connectivity index (χ2n) is 11.9. The van der Waals surface area contributed by atoms with Gasteiger partial charge >= 0.3 is 0 Å². The Morgan fingerprint density at radius 1 is 1.03 bits per heavy atom. The molecule has 3 aliphatic heterocycles. The Morgan fingerprint density at radius 3 is 2.41 bits per heavy atom. The molecule has 1 fully saturated rings. The summed E-state index contributed by atoms with van der Waals surface area (Å²) >= 11 is 0. The van der Waals surface area contributed by atoms with Gasteiger partial charge in [0.05, 0.1) is 6.67 Å². The molecule has 3 aliphatic rings. The summed E-state index contributed by atoms with van der Waals surface area (Å²) in [6, 6.07) is 1.75. The van der Waals surface area contributed by atoms with Gasteiger partial charge in [0.1, 0.15) is 0 Å². The quantitative estimate of drug-likeness (QED) is 0.548. The number of nitrogens with one attached hydrogen (secondary N) is 4. The largest absolute Gasteiger partial charge is 0.385 e. The van der Waals surface area contributed by atoms with Crippen LogP contribution in [-0.2, 0) is 0 Å². The van der Waals surface area contributed by atoms with E-state index >= 15 is 0 Å². The molecule has 0 saturated carbocycles. The van der Waals surface area contributed by atoms with Gasteiger partial charge in [0, 0.05) is 55.6 Å². The van der Waals surface area contributed by atoms with Crippen molar-refractivity contribution in [2.75, 3.05) is 26.3 Å². The van der Waals surface area contributed by atoms with Crippen LogP contribution in [0, 0.1) is 16.2 Å². The highest BCUT2D eigenvalue weighted by atomic mass is 15.2. The average molecular weight is 404 g/mol. The van der Waals surface area contributed by atoms with Crippen molar-refractivity contribution in [3.63, 3.8) is 0 Å². The monoisotopic (exact) mass is 403 g/mol. The summed E-state index contributed by atoms with van der Waals surface area (Å²) in [6.07, 6.45) is 10.4. The Labute approximate surface area is 179 Å². The van der Waals surface area contributed by atoms with E-state index in [9.17, 15) is 0 Å². The topological polar surface area (TPSA) is 51.4 Å². The number of hydrogen-bond acceptors (Lipinski definition) is 5. The highest BCUT2D eigenvalue weighted by Crippen LogP contribution is 2.36. The molecule has 0 amide bonds. The molecule has 5 heteroatoms. The number of hydrogen-bond donors (Lipinski definition) is 4. The lowest BCUT2D eigenvalue weighted by Gasteiger charge is -2.44. The standard InChI is InChI=1S/C24H45N5/c1-22(2,3)20-9-8-19(28-20)12-23(4,5)21-15-29(11-10-27-21)16-24(6,7)18-13-25-17-26-14-18/h10-11,13,19-21,25-28H,8-9,12,14-17H2,1-7H3. The Morgan fingerprint density at radius 2 is 1.79 bits per heavy atom. The van der Waals surface area contributed by atoms with Gasteiger partial charge in [-0.1, -0.05) is 48.5 Å². The minimum absolute atomic E-state index is 0.143. The summed E-state index contributed by atoms with van der Waals surface area (Å²) < 4.78 is 0. The molecule has 0 spiro atoms. The minimum Gasteiger partial charge on any atom is -0.385 e. The molecular weight excluding hydrogens is 358 g/mol. The van der Waals surface area contributed by atoms with E-state index in [-0.39, 0.29) is 10.8 Å².